The highest BCUT2D eigenvalue weighted by molar-refractivity contribution is 7.22. The minimum Gasteiger partial charge on any atom is -0.286 e. The van der Waals surface area contributed by atoms with E-state index in [1.165, 1.54) is 6.42 Å². The van der Waals surface area contributed by atoms with Crippen LogP contribution in [0, 0.1) is 26.7 Å². The summed E-state index contributed by atoms with van der Waals surface area (Å²) in [5, 5.41) is 6.03. The summed E-state index contributed by atoms with van der Waals surface area (Å²) in [5.74, 6) is 0.301. The van der Waals surface area contributed by atoms with Crippen LogP contribution in [-0.4, -0.2) is 27.2 Å². The summed E-state index contributed by atoms with van der Waals surface area (Å²) in [6.45, 7) is 7.30. The molecule has 4 rings (SSSR count). The monoisotopic (exact) mass is 430 g/mol. The molecule has 1 aliphatic carbocycles. The molecule has 154 valence electrons. The lowest BCUT2D eigenvalue weighted by molar-refractivity contribution is -0.123. The first-order chi connectivity index (χ1) is 13.9. The molecular weight excluding hydrogens is 404 g/mol. The molecule has 0 N–H and O–H groups in total. The normalized spacial score (nSPS) is 15.2. The maximum Gasteiger partial charge on any atom is 0.231 e. The molecule has 0 atom stereocenters. The van der Waals surface area contributed by atoms with Crippen LogP contribution in [0.4, 0.5) is 5.13 Å². The third-order valence-electron chi connectivity index (χ3n) is 5.73. The van der Waals surface area contributed by atoms with Gasteiger partial charge >= 0.3 is 0 Å². The predicted molar refractivity (Wildman–Crippen MR) is 120 cm³/mol. The first-order valence-electron chi connectivity index (χ1n) is 10.3. The molecule has 0 unspecified atom stereocenters. The summed E-state index contributed by atoms with van der Waals surface area (Å²) >= 11 is 7.80. The third-order valence-corrected chi connectivity index (χ3v) is 6.97. The van der Waals surface area contributed by atoms with Gasteiger partial charge in [-0.3, -0.25) is 14.4 Å². The summed E-state index contributed by atoms with van der Waals surface area (Å²) < 4.78 is 3.00. The number of fused-ring (bicyclic) bond motifs is 1. The Hall–Kier alpha value is -1.92. The van der Waals surface area contributed by atoms with E-state index >= 15 is 0 Å². The molecule has 0 spiro atoms. The van der Waals surface area contributed by atoms with Gasteiger partial charge in [0, 0.05) is 23.2 Å². The number of anilines is 1. The summed E-state index contributed by atoms with van der Waals surface area (Å²) in [6.07, 6.45) is 5.46. The molecule has 2 aromatic heterocycles. The number of hydrogen-bond donors (Lipinski definition) is 0. The molecule has 1 aliphatic rings. The SMILES string of the molecule is Cc1cc(C)n(CCN(C(=O)C2CCCCC2)c2nc3c(C)cc(Cl)cc3s2)n1. The minimum absolute atomic E-state index is 0.0981. The summed E-state index contributed by atoms with van der Waals surface area (Å²) in [6, 6.07) is 5.93. The fraction of sp³-hybridized carbons (Fsp3) is 0.500. The number of aryl methyl sites for hydroxylation is 3. The lowest BCUT2D eigenvalue weighted by atomic mass is 9.88. The van der Waals surface area contributed by atoms with Crippen molar-refractivity contribution in [3.8, 4) is 0 Å². The second-order valence-corrected chi connectivity index (χ2v) is 9.49. The summed E-state index contributed by atoms with van der Waals surface area (Å²) in [7, 11) is 0. The Kier molecular flexibility index (Phi) is 5.93. The van der Waals surface area contributed by atoms with Gasteiger partial charge in [0.25, 0.3) is 0 Å². The highest BCUT2D eigenvalue weighted by Crippen LogP contribution is 2.35. The average molecular weight is 431 g/mol. The molecule has 2 heterocycles. The quantitative estimate of drug-likeness (QED) is 0.522. The van der Waals surface area contributed by atoms with E-state index < -0.39 is 0 Å². The number of carbonyl (C=O) groups is 1. The molecule has 3 aromatic rings. The van der Waals surface area contributed by atoms with Crippen LogP contribution < -0.4 is 4.90 Å². The zero-order chi connectivity index (χ0) is 20.5. The number of nitrogens with zero attached hydrogens (tertiary/aromatic N) is 4. The Morgan fingerprint density at radius 1 is 1.21 bits per heavy atom. The molecule has 1 amide bonds. The molecule has 1 saturated carbocycles. The van der Waals surface area contributed by atoms with Gasteiger partial charge < -0.3 is 0 Å². The lowest BCUT2D eigenvalue weighted by Crippen LogP contribution is -2.39. The molecule has 0 aliphatic heterocycles. The molecule has 0 radical (unpaired) electrons. The number of carbonyl (C=O) groups excluding carboxylic acids is 1. The Bertz CT molecular complexity index is 1040. The predicted octanol–water partition coefficient (Wildman–Crippen LogP) is 5.68. The standard InChI is InChI=1S/C22H27ClN4OS/c1-14-11-18(23)13-19-20(14)24-22(29-19)26(21(28)17-7-5-4-6-8-17)9-10-27-16(3)12-15(2)25-27/h11-13,17H,4-10H2,1-3H3. The van der Waals surface area contributed by atoms with Crippen molar-refractivity contribution in [3.63, 3.8) is 0 Å². The second kappa shape index (κ2) is 8.44. The van der Waals surface area contributed by atoms with Crippen molar-refractivity contribution in [1.82, 2.24) is 14.8 Å². The molecule has 29 heavy (non-hydrogen) atoms. The summed E-state index contributed by atoms with van der Waals surface area (Å²) in [4.78, 5) is 20.2. The lowest BCUT2D eigenvalue weighted by Gasteiger charge is -2.27. The van der Waals surface area contributed by atoms with E-state index in [0.717, 1.165) is 58.0 Å². The molecule has 0 saturated heterocycles. The minimum atomic E-state index is 0.0981. The van der Waals surface area contributed by atoms with E-state index in [-0.39, 0.29) is 11.8 Å². The van der Waals surface area contributed by atoms with Gasteiger partial charge in [-0.25, -0.2) is 4.98 Å². The van der Waals surface area contributed by atoms with Crippen molar-refractivity contribution >= 4 is 44.2 Å². The fourth-order valence-electron chi connectivity index (χ4n) is 4.22. The van der Waals surface area contributed by atoms with Crippen LogP contribution in [-0.2, 0) is 11.3 Å². The van der Waals surface area contributed by atoms with Crippen molar-refractivity contribution in [2.75, 3.05) is 11.4 Å². The largest absolute Gasteiger partial charge is 0.286 e. The van der Waals surface area contributed by atoms with Gasteiger partial charge in [-0.1, -0.05) is 42.2 Å². The zero-order valence-electron chi connectivity index (χ0n) is 17.2. The Morgan fingerprint density at radius 2 is 1.97 bits per heavy atom. The van der Waals surface area contributed by atoms with Gasteiger partial charge in [0.1, 0.15) is 0 Å². The van der Waals surface area contributed by atoms with Gasteiger partial charge in [-0.05, 0) is 57.4 Å². The highest BCUT2D eigenvalue weighted by Gasteiger charge is 2.29. The average Bonchev–Trinajstić information content (AvgIpc) is 3.25. The van der Waals surface area contributed by atoms with Crippen LogP contribution in [0.2, 0.25) is 5.02 Å². The number of thiazole rings is 1. The van der Waals surface area contributed by atoms with Crippen molar-refractivity contribution in [3.05, 3.63) is 40.2 Å². The number of aromatic nitrogens is 3. The number of benzene rings is 1. The van der Waals surface area contributed by atoms with Gasteiger partial charge in [0.2, 0.25) is 5.91 Å². The van der Waals surface area contributed by atoms with E-state index in [2.05, 4.69) is 18.1 Å². The topological polar surface area (TPSA) is 51.0 Å². The molecule has 7 heteroatoms. The van der Waals surface area contributed by atoms with E-state index in [0.29, 0.717) is 18.1 Å². The summed E-state index contributed by atoms with van der Waals surface area (Å²) in [5.41, 5.74) is 4.08. The first-order valence-corrected chi connectivity index (χ1v) is 11.5. The number of hydrogen-bond acceptors (Lipinski definition) is 4. The fourth-order valence-corrected chi connectivity index (χ4v) is 5.68. The van der Waals surface area contributed by atoms with E-state index in [9.17, 15) is 4.79 Å². The Labute approximate surface area is 180 Å². The van der Waals surface area contributed by atoms with E-state index in [1.807, 2.05) is 35.6 Å². The van der Waals surface area contributed by atoms with Gasteiger partial charge in [-0.15, -0.1) is 0 Å². The molecule has 1 aromatic carbocycles. The highest BCUT2D eigenvalue weighted by atomic mass is 35.5. The van der Waals surface area contributed by atoms with Crippen LogP contribution in [0.1, 0.15) is 49.1 Å². The van der Waals surface area contributed by atoms with Crippen molar-refractivity contribution < 1.29 is 4.79 Å². The van der Waals surface area contributed by atoms with Crippen LogP contribution in [0.15, 0.2) is 18.2 Å². The molecular formula is C22H27ClN4OS. The maximum atomic E-state index is 13.5. The molecule has 0 bridgehead atoms. The smallest absolute Gasteiger partial charge is 0.231 e. The zero-order valence-corrected chi connectivity index (χ0v) is 18.8. The van der Waals surface area contributed by atoms with Crippen molar-refractivity contribution in [1.29, 1.82) is 0 Å². The molecule has 1 fully saturated rings. The van der Waals surface area contributed by atoms with Gasteiger partial charge in [0.15, 0.2) is 5.13 Å². The van der Waals surface area contributed by atoms with Crippen LogP contribution in [0.3, 0.4) is 0 Å². The van der Waals surface area contributed by atoms with Crippen molar-refractivity contribution in [2.24, 2.45) is 5.92 Å². The first kappa shape index (κ1) is 20.4. The van der Waals surface area contributed by atoms with E-state index in [1.54, 1.807) is 11.3 Å². The van der Waals surface area contributed by atoms with Crippen molar-refractivity contribution in [2.45, 2.75) is 59.4 Å². The Balaban J connectivity index is 1.66. The number of amides is 1. The maximum absolute atomic E-state index is 13.5. The molecule has 5 nitrogen and oxygen atoms in total. The number of rotatable bonds is 5. The number of halogens is 1. The van der Waals surface area contributed by atoms with Crippen LogP contribution in [0.25, 0.3) is 10.2 Å². The van der Waals surface area contributed by atoms with Gasteiger partial charge in [-0.2, -0.15) is 5.10 Å². The second-order valence-electron chi connectivity index (χ2n) is 8.04. The van der Waals surface area contributed by atoms with Gasteiger partial charge in [0.05, 0.1) is 22.5 Å². The third kappa shape index (κ3) is 4.33. The van der Waals surface area contributed by atoms with Crippen LogP contribution in [0.5, 0.6) is 0 Å². The van der Waals surface area contributed by atoms with E-state index in [4.69, 9.17) is 16.6 Å². The Morgan fingerprint density at radius 3 is 2.66 bits per heavy atom. The van der Waals surface area contributed by atoms with Crippen LogP contribution >= 0.6 is 22.9 Å².